The molecule has 0 aliphatic carbocycles. The molecule has 104 valence electrons. The first kappa shape index (κ1) is 15.1. The van der Waals surface area contributed by atoms with E-state index in [2.05, 4.69) is 10.1 Å². The Morgan fingerprint density at radius 1 is 1.37 bits per heavy atom. The van der Waals surface area contributed by atoms with Crippen molar-refractivity contribution < 1.29 is 18.7 Å². The number of halogens is 1. The first-order valence-electron chi connectivity index (χ1n) is 5.93. The number of hydrogen-bond acceptors (Lipinski definition) is 4. The second kappa shape index (κ2) is 6.84. The Hall–Kier alpha value is -1.95. The number of carbonyl (C=O) groups is 2. The molecule has 0 bridgehead atoms. The van der Waals surface area contributed by atoms with Gasteiger partial charge in [0.1, 0.15) is 5.82 Å². The minimum atomic E-state index is -1.36. The van der Waals surface area contributed by atoms with Gasteiger partial charge in [-0.25, -0.2) is 9.18 Å². The van der Waals surface area contributed by atoms with Crippen molar-refractivity contribution in [2.45, 2.75) is 25.9 Å². The molecule has 0 radical (unpaired) electrons. The second-order valence-corrected chi connectivity index (χ2v) is 4.01. The van der Waals surface area contributed by atoms with Crippen molar-refractivity contribution in [3.8, 4) is 0 Å². The molecule has 0 spiro atoms. The van der Waals surface area contributed by atoms with Gasteiger partial charge >= 0.3 is 5.97 Å². The van der Waals surface area contributed by atoms with Gasteiger partial charge in [0.15, 0.2) is 6.04 Å². The molecule has 0 aliphatic rings. The molecule has 0 aromatic heterocycles. The van der Waals surface area contributed by atoms with Gasteiger partial charge < -0.3 is 15.8 Å². The predicted octanol–water partition coefficient (Wildman–Crippen LogP) is 0.893. The van der Waals surface area contributed by atoms with E-state index in [1.54, 1.807) is 26.0 Å². The van der Waals surface area contributed by atoms with E-state index in [1.165, 1.54) is 12.1 Å². The summed E-state index contributed by atoms with van der Waals surface area (Å²) in [4.78, 5) is 23.0. The fraction of sp³-hybridized carbons (Fsp3) is 0.385. The highest BCUT2D eigenvalue weighted by molar-refractivity contribution is 6.01. The topological polar surface area (TPSA) is 81.4 Å². The van der Waals surface area contributed by atoms with Crippen molar-refractivity contribution in [3.05, 3.63) is 35.6 Å². The lowest BCUT2D eigenvalue weighted by Gasteiger charge is -2.17. The molecule has 3 N–H and O–H groups in total. The molecule has 2 atom stereocenters. The van der Waals surface area contributed by atoms with Crippen LogP contribution >= 0.6 is 0 Å². The van der Waals surface area contributed by atoms with Crippen LogP contribution in [-0.2, 0) is 14.3 Å². The van der Waals surface area contributed by atoms with Gasteiger partial charge in [-0.15, -0.1) is 0 Å². The third kappa shape index (κ3) is 4.33. The number of hydrogen-bond donors (Lipinski definition) is 2. The lowest BCUT2D eigenvalue weighted by molar-refractivity contribution is -0.148. The summed E-state index contributed by atoms with van der Waals surface area (Å²) >= 11 is 0. The van der Waals surface area contributed by atoms with Gasteiger partial charge in [-0.1, -0.05) is 12.1 Å². The molecule has 5 nitrogen and oxygen atoms in total. The number of nitrogens with one attached hydrogen (secondary N) is 1. The maximum atomic E-state index is 12.8. The van der Waals surface area contributed by atoms with Crippen molar-refractivity contribution in [3.63, 3.8) is 0 Å². The Bertz CT molecular complexity index is 448. The van der Waals surface area contributed by atoms with Crippen molar-refractivity contribution in [1.82, 2.24) is 5.32 Å². The zero-order valence-electron chi connectivity index (χ0n) is 10.9. The Balaban J connectivity index is 2.61. The molecular weight excluding hydrogens is 251 g/mol. The number of nitrogens with two attached hydrogens (primary N) is 1. The molecule has 0 fully saturated rings. The van der Waals surface area contributed by atoms with Crippen molar-refractivity contribution >= 4 is 11.9 Å². The summed E-state index contributed by atoms with van der Waals surface area (Å²) < 4.78 is 17.4. The highest BCUT2D eigenvalue weighted by Gasteiger charge is 2.24. The summed E-state index contributed by atoms with van der Waals surface area (Å²) in [6.07, 6.45) is 0. The molecular formula is C13H17FN2O3. The van der Waals surface area contributed by atoms with Gasteiger partial charge in [-0.2, -0.15) is 0 Å². The second-order valence-electron chi connectivity index (χ2n) is 4.01. The largest absolute Gasteiger partial charge is 0.464 e. The Labute approximate surface area is 110 Å². The van der Waals surface area contributed by atoms with Crippen LogP contribution < -0.4 is 11.1 Å². The van der Waals surface area contributed by atoms with E-state index in [-0.39, 0.29) is 18.5 Å². The van der Waals surface area contributed by atoms with Crippen LogP contribution in [0.15, 0.2) is 24.3 Å². The van der Waals surface area contributed by atoms with Crippen LogP contribution in [0.1, 0.15) is 25.5 Å². The quantitative estimate of drug-likeness (QED) is 0.614. The summed E-state index contributed by atoms with van der Waals surface area (Å²) in [5, 5.41) is 2.57. The average molecular weight is 268 g/mol. The van der Waals surface area contributed by atoms with Crippen LogP contribution in [0, 0.1) is 5.82 Å². The van der Waals surface area contributed by atoms with Crippen LogP contribution in [0.25, 0.3) is 0 Å². The molecule has 1 amide bonds. The Kier molecular flexibility index (Phi) is 5.44. The molecule has 0 aliphatic heterocycles. The van der Waals surface area contributed by atoms with E-state index in [4.69, 9.17) is 5.73 Å². The molecule has 0 saturated heterocycles. The van der Waals surface area contributed by atoms with Gasteiger partial charge in [0.25, 0.3) is 0 Å². The van der Waals surface area contributed by atoms with E-state index in [9.17, 15) is 14.0 Å². The lowest BCUT2D eigenvalue weighted by Crippen LogP contribution is -2.47. The summed E-state index contributed by atoms with van der Waals surface area (Å²) in [5.41, 5.74) is 6.16. The normalized spacial score (nSPS) is 13.5. The lowest BCUT2D eigenvalue weighted by atomic mass is 10.1. The number of rotatable bonds is 5. The molecule has 0 saturated carbocycles. The summed E-state index contributed by atoms with van der Waals surface area (Å²) in [5.74, 6) is -1.76. The van der Waals surface area contributed by atoms with E-state index < -0.39 is 17.9 Å². The number of benzene rings is 1. The molecule has 1 rings (SSSR count). The fourth-order valence-corrected chi connectivity index (χ4v) is 1.48. The first-order valence-corrected chi connectivity index (χ1v) is 5.93. The van der Waals surface area contributed by atoms with E-state index in [1.807, 2.05) is 0 Å². The summed E-state index contributed by atoms with van der Waals surface area (Å²) in [6, 6.07) is 3.95. The van der Waals surface area contributed by atoms with Gasteiger partial charge in [0, 0.05) is 0 Å². The zero-order valence-corrected chi connectivity index (χ0v) is 10.9. The van der Waals surface area contributed by atoms with Crippen molar-refractivity contribution in [2.75, 3.05) is 6.61 Å². The first-order chi connectivity index (χ1) is 8.95. The maximum absolute atomic E-state index is 12.8. The number of esters is 1. The third-order valence-electron chi connectivity index (χ3n) is 2.55. The molecule has 0 heterocycles. The number of ether oxygens (including phenoxy) is 1. The Morgan fingerprint density at radius 3 is 2.47 bits per heavy atom. The number of amides is 1. The molecule has 1 aromatic rings. The van der Waals surface area contributed by atoms with Crippen LogP contribution in [0.3, 0.4) is 0 Å². The summed E-state index contributed by atoms with van der Waals surface area (Å²) in [7, 11) is 0. The SMILES string of the molecule is CCOC(=O)C(N)C(=O)NC(C)c1ccc(F)cc1. The third-order valence-corrected chi connectivity index (χ3v) is 2.55. The van der Waals surface area contributed by atoms with Gasteiger partial charge in [0.2, 0.25) is 5.91 Å². The van der Waals surface area contributed by atoms with Crippen LogP contribution in [0.2, 0.25) is 0 Å². The number of carbonyl (C=O) groups excluding carboxylic acids is 2. The monoisotopic (exact) mass is 268 g/mol. The smallest absolute Gasteiger partial charge is 0.332 e. The summed E-state index contributed by atoms with van der Waals surface area (Å²) in [6.45, 7) is 3.50. The standard InChI is InChI=1S/C13H17FN2O3/c1-3-19-13(18)11(15)12(17)16-8(2)9-4-6-10(14)7-5-9/h4-8,11H,3,15H2,1-2H3,(H,16,17). The van der Waals surface area contributed by atoms with E-state index >= 15 is 0 Å². The minimum absolute atomic E-state index is 0.160. The van der Waals surface area contributed by atoms with Gasteiger partial charge in [-0.05, 0) is 31.5 Å². The zero-order chi connectivity index (χ0) is 14.4. The van der Waals surface area contributed by atoms with Crippen molar-refractivity contribution in [2.24, 2.45) is 5.73 Å². The van der Waals surface area contributed by atoms with Crippen LogP contribution in [0.4, 0.5) is 4.39 Å². The highest BCUT2D eigenvalue weighted by atomic mass is 19.1. The van der Waals surface area contributed by atoms with Crippen LogP contribution in [-0.4, -0.2) is 24.5 Å². The molecule has 19 heavy (non-hydrogen) atoms. The maximum Gasteiger partial charge on any atom is 0.332 e. The highest BCUT2D eigenvalue weighted by Crippen LogP contribution is 2.12. The van der Waals surface area contributed by atoms with Crippen LogP contribution in [0.5, 0.6) is 0 Å². The average Bonchev–Trinajstić information content (AvgIpc) is 2.38. The minimum Gasteiger partial charge on any atom is -0.464 e. The van der Waals surface area contributed by atoms with Gasteiger partial charge in [-0.3, -0.25) is 4.79 Å². The Morgan fingerprint density at radius 2 is 1.95 bits per heavy atom. The molecule has 2 unspecified atom stereocenters. The predicted molar refractivity (Wildman–Crippen MR) is 67.6 cm³/mol. The molecule has 6 heteroatoms. The fourth-order valence-electron chi connectivity index (χ4n) is 1.48. The van der Waals surface area contributed by atoms with E-state index in [0.717, 1.165) is 0 Å². The van der Waals surface area contributed by atoms with E-state index in [0.29, 0.717) is 5.56 Å². The van der Waals surface area contributed by atoms with Crippen molar-refractivity contribution in [1.29, 1.82) is 0 Å². The molecule has 1 aromatic carbocycles. The van der Waals surface area contributed by atoms with Gasteiger partial charge in [0.05, 0.1) is 12.6 Å².